The molecule has 1 amide bonds. The van der Waals surface area contributed by atoms with Gasteiger partial charge >= 0.3 is 0 Å². The number of piperidine rings is 1. The predicted molar refractivity (Wildman–Crippen MR) is 98.3 cm³/mol. The Bertz CT molecular complexity index is 870. The summed E-state index contributed by atoms with van der Waals surface area (Å²) in [6, 6.07) is 8.17. The van der Waals surface area contributed by atoms with Crippen LogP contribution in [0.3, 0.4) is 0 Å². The third-order valence-corrected chi connectivity index (χ3v) is 6.53. The molecule has 26 heavy (non-hydrogen) atoms. The first-order chi connectivity index (χ1) is 12.5. The Balaban J connectivity index is 1.66. The lowest BCUT2D eigenvalue weighted by molar-refractivity contribution is 0.0953. The van der Waals surface area contributed by atoms with E-state index in [1.807, 2.05) is 13.1 Å². The second kappa shape index (κ2) is 8.01. The van der Waals surface area contributed by atoms with Crippen LogP contribution in [0.4, 0.5) is 0 Å². The topological polar surface area (TPSA) is 84.3 Å². The summed E-state index contributed by atoms with van der Waals surface area (Å²) < 4.78 is 28.8. The number of nitrogens with zero attached hydrogens (tertiary/aromatic N) is 3. The Labute approximate surface area is 154 Å². The van der Waals surface area contributed by atoms with Gasteiger partial charge in [0, 0.05) is 50.6 Å². The third kappa shape index (κ3) is 4.13. The van der Waals surface area contributed by atoms with Crippen LogP contribution in [-0.2, 0) is 23.5 Å². The molecule has 140 valence electrons. The van der Waals surface area contributed by atoms with Gasteiger partial charge in [-0.15, -0.1) is 0 Å². The highest BCUT2D eigenvalue weighted by atomic mass is 32.2. The molecule has 0 bridgehead atoms. The maximum Gasteiger partial charge on any atom is 0.251 e. The molecule has 0 aliphatic carbocycles. The van der Waals surface area contributed by atoms with Gasteiger partial charge in [0.25, 0.3) is 5.91 Å². The molecular weight excluding hydrogens is 352 g/mol. The van der Waals surface area contributed by atoms with Crippen molar-refractivity contribution in [2.45, 2.75) is 30.6 Å². The molecule has 8 heteroatoms. The highest BCUT2D eigenvalue weighted by molar-refractivity contribution is 7.89. The van der Waals surface area contributed by atoms with Crippen molar-refractivity contribution in [3.8, 4) is 0 Å². The molecule has 0 spiro atoms. The van der Waals surface area contributed by atoms with Crippen molar-refractivity contribution in [2.24, 2.45) is 7.05 Å². The SMILES string of the molecule is Cn1nccc1CCNC(=O)c1cccc(S(=O)(=O)N2CCCCC2)c1. The van der Waals surface area contributed by atoms with Crippen LogP contribution in [0.5, 0.6) is 0 Å². The Hall–Kier alpha value is -2.19. The van der Waals surface area contributed by atoms with E-state index in [-0.39, 0.29) is 10.8 Å². The van der Waals surface area contributed by atoms with Gasteiger partial charge in [0.15, 0.2) is 0 Å². The van der Waals surface area contributed by atoms with E-state index in [1.54, 1.807) is 29.1 Å². The van der Waals surface area contributed by atoms with Gasteiger partial charge in [0.2, 0.25) is 10.0 Å². The van der Waals surface area contributed by atoms with Crippen molar-refractivity contribution in [1.82, 2.24) is 19.4 Å². The fraction of sp³-hybridized carbons (Fsp3) is 0.444. The van der Waals surface area contributed by atoms with Crippen LogP contribution >= 0.6 is 0 Å². The van der Waals surface area contributed by atoms with E-state index >= 15 is 0 Å². The molecule has 0 unspecified atom stereocenters. The molecule has 2 heterocycles. The third-order valence-electron chi connectivity index (χ3n) is 4.64. The average molecular weight is 376 g/mol. The number of hydrogen-bond donors (Lipinski definition) is 1. The van der Waals surface area contributed by atoms with E-state index in [1.165, 1.54) is 10.4 Å². The van der Waals surface area contributed by atoms with Crippen molar-refractivity contribution in [3.63, 3.8) is 0 Å². The number of rotatable bonds is 6. The van der Waals surface area contributed by atoms with Crippen molar-refractivity contribution in [2.75, 3.05) is 19.6 Å². The zero-order valence-corrected chi connectivity index (χ0v) is 15.7. The minimum atomic E-state index is -3.54. The van der Waals surface area contributed by atoms with Gasteiger partial charge in [-0.3, -0.25) is 9.48 Å². The number of sulfonamides is 1. The van der Waals surface area contributed by atoms with E-state index in [2.05, 4.69) is 10.4 Å². The van der Waals surface area contributed by atoms with E-state index < -0.39 is 10.0 Å². The molecule has 1 saturated heterocycles. The Morgan fingerprint density at radius 1 is 1.19 bits per heavy atom. The molecule has 1 aliphatic heterocycles. The molecule has 1 N–H and O–H groups in total. The van der Waals surface area contributed by atoms with Gasteiger partial charge in [0.05, 0.1) is 4.90 Å². The molecule has 3 rings (SSSR count). The number of benzene rings is 1. The van der Waals surface area contributed by atoms with Gasteiger partial charge in [-0.2, -0.15) is 9.40 Å². The van der Waals surface area contributed by atoms with E-state index in [9.17, 15) is 13.2 Å². The summed E-state index contributed by atoms with van der Waals surface area (Å²) in [5.74, 6) is -0.275. The number of carbonyl (C=O) groups excluding carboxylic acids is 1. The summed E-state index contributed by atoms with van der Waals surface area (Å²) in [6.45, 7) is 1.55. The van der Waals surface area contributed by atoms with E-state index in [4.69, 9.17) is 0 Å². The number of carbonyl (C=O) groups is 1. The summed E-state index contributed by atoms with van der Waals surface area (Å²) in [5, 5.41) is 6.92. The predicted octanol–water partition coefficient (Wildman–Crippen LogP) is 1.57. The Morgan fingerprint density at radius 3 is 2.65 bits per heavy atom. The van der Waals surface area contributed by atoms with Crippen molar-refractivity contribution in [1.29, 1.82) is 0 Å². The van der Waals surface area contributed by atoms with Crippen LogP contribution in [0, 0.1) is 0 Å². The molecule has 2 aromatic rings. The largest absolute Gasteiger partial charge is 0.352 e. The normalized spacial score (nSPS) is 15.7. The highest BCUT2D eigenvalue weighted by Gasteiger charge is 2.26. The summed E-state index contributed by atoms with van der Waals surface area (Å²) in [5.41, 5.74) is 1.37. The number of aromatic nitrogens is 2. The Morgan fingerprint density at radius 2 is 1.96 bits per heavy atom. The maximum atomic E-state index is 12.8. The number of nitrogens with one attached hydrogen (secondary N) is 1. The second-order valence-corrected chi connectivity index (χ2v) is 8.38. The van der Waals surface area contributed by atoms with E-state index in [0.29, 0.717) is 31.6 Å². The number of amides is 1. The molecule has 7 nitrogen and oxygen atoms in total. The molecule has 1 fully saturated rings. The number of aryl methyl sites for hydroxylation is 1. The standard InChI is InChI=1S/C18H24N4O3S/c1-21-16(9-11-20-21)8-10-19-18(23)15-6-5-7-17(14-15)26(24,25)22-12-3-2-4-13-22/h5-7,9,11,14H,2-4,8,10,12-13H2,1H3,(H,19,23). The van der Waals surface area contributed by atoms with Crippen LogP contribution in [0.25, 0.3) is 0 Å². The maximum absolute atomic E-state index is 12.8. The lowest BCUT2D eigenvalue weighted by Crippen LogP contribution is -2.35. The van der Waals surface area contributed by atoms with Crippen molar-refractivity contribution in [3.05, 3.63) is 47.8 Å². The summed E-state index contributed by atoms with van der Waals surface area (Å²) in [6.07, 6.45) is 5.20. The summed E-state index contributed by atoms with van der Waals surface area (Å²) in [7, 11) is -1.68. The molecular formula is C18H24N4O3S. The highest BCUT2D eigenvalue weighted by Crippen LogP contribution is 2.21. The fourth-order valence-corrected chi connectivity index (χ4v) is 4.67. The number of hydrogen-bond acceptors (Lipinski definition) is 4. The molecule has 0 saturated carbocycles. The summed E-state index contributed by atoms with van der Waals surface area (Å²) >= 11 is 0. The first kappa shape index (κ1) is 18.6. The van der Waals surface area contributed by atoms with Crippen molar-refractivity contribution >= 4 is 15.9 Å². The van der Waals surface area contributed by atoms with Crippen LogP contribution in [0.15, 0.2) is 41.4 Å². The lowest BCUT2D eigenvalue weighted by Gasteiger charge is -2.26. The zero-order chi connectivity index (χ0) is 18.6. The van der Waals surface area contributed by atoms with Gasteiger partial charge in [0.1, 0.15) is 0 Å². The lowest BCUT2D eigenvalue weighted by atomic mass is 10.2. The first-order valence-corrected chi connectivity index (χ1v) is 10.3. The van der Waals surface area contributed by atoms with Crippen LogP contribution in [-0.4, -0.2) is 48.0 Å². The minimum Gasteiger partial charge on any atom is -0.352 e. The van der Waals surface area contributed by atoms with E-state index in [0.717, 1.165) is 25.0 Å². The molecule has 1 aromatic carbocycles. The molecule has 1 aromatic heterocycles. The average Bonchev–Trinajstić information content (AvgIpc) is 3.07. The van der Waals surface area contributed by atoms with Crippen LogP contribution < -0.4 is 5.32 Å². The van der Waals surface area contributed by atoms with Gasteiger partial charge in [-0.05, 0) is 37.1 Å². The molecule has 1 aliphatic rings. The van der Waals surface area contributed by atoms with Gasteiger partial charge in [-0.1, -0.05) is 12.5 Å². The molecule has 0 atom stereocenters. The van der Waals surface area contributed by atoms with Gasteiger partial charge in [-0.25, -0.2) is 8.42 Å². The quantitative estimate of drug-likeness (QED) is 0.829. The van der Waals surface area contributed by atoms with Crippen LogP contribution in [0.1, 0.15) is 35.3 Å². The summed E-state index contributed by atoms with van der Waals surface area (Å²) in [4.78, 5) is 12.6. The zero-order valence-electron chi connectivity index (χ0n) is 14.9. The van der Waals surface area contributed by atoms with Crippen molar-refractivity contribution < 1.29 is 13.2 Å². The monoisotopic (exact) mass is 376 g/mol. The van der Waals surface area contributed by atoms with Crippen LogP contribution in [0.2, 0.25) is 0 Å². The van der Waals surface area contributed by atoms with Gasteiger partial charge < -0.3 is 5.32 Å². The Kier molecular flexibility index (Phi) is 5.73. The molecule has 0 radical (unpaired) electrons. The smallest absolute Gasteiger partial charge is 0.251 e. The fourth-order valence-electron chi connectivity index (χ4n) is 3.10. The second-order valence-electron chi connectivity index (χ2n) is 6.44. The minimum absolute atomic E-state index is 0.179. The first-order valence-electron chi connectivity index (χ1n) is 8.84.